The van der Waals surface area contributed by atoms with Gasteiger partial charge in [0.1, 0.15) is 77.6 Å². The second kappa shape index (κ2) is 36.4. The maximum atomic E-state index is 15.7. The van der Waals surface area contributed by atoms with Crippen LogP contribution in [0.2, 0.25) is 0 Å². The smallest absolute Gasteiger partial charge is 0.377 e. The van der Waals surface area contributed by atoms with Crippen molar-refractivity contribution in [3.63, 3.8) is 0 Å². The number of carbonyl (C=O) groups excluding carboxylic acids is 12. The molecule has 2 saturated heterocycles. The van der Waals surface area contributed by atoms with Crippen LogP contribution in [0.25, 0.3) is 0 Å². The van der Waals surface area contributed by atoms with Crippen LogP contribution in [0.5, 0.6) is 0 Å². The van der Waals surface area contributed by atoms with Crippen LogP contribution in [0.3, 0.4) is 0 Å². The zero-order valence-corrected chi connectivity index (χ0v) is 66.5. The molecule has 2 aliphatic carbocycles. The molecule has 3 heterocycles. The van der Waals surface area contributed by atoms with Gasteiger partial charge in [-0.05, 0) is 123 Å². The zero-order valence-electron chi connectivity index (χ0n) is 66.5. The van der Waals surface area contributed by atoms with E-state index in [9.17, 15) is 50.3 Å². The quantitative estimate of drug-likeness (QED) is 0.128. The average Bonchev–Trinajstić information content (AvgIpc) is 1.72. The van der Waals surface area contributed by atoms with Crippen molar-refractivity contribution in [1.82, 2.24) is 60.0 Å². The minimum Gasteiger partial charge on any atom is -0.377 e. The maximum absolute atomic E-state index is 15.7. The summed E-state index contributed by atoms with van der Waals surface area (Å²) in [5.74, 6) is -14.6. The van der Waals surface area contributed by atoms with Gasteiger partial charge in [-0.1, -0.05) is 92.5 Å². The number of hydrogen-bond acceptors (Lipinski definition) is 13. The number of benzene rings is 2. The highest BCUT2D eigenvalue weighted by Crippen LogP contribution is 2.50. The van der Waals surface area contributed by atoms with Crippen LogP contribution in [-0.4, -0.2) is 263 Å². The van der Waals surface area contributed by atoms with Gasteiger partial charge in [0, 0.05) is 87.9 Å². The van der Waals surface area contributed by atoms with E-state index in [4.69, 9.17) is 4.74 Å². The third-order valence-electron chi connectivity index (χ3n) is 21.8. The van der Waals surface area contributed by atoms with Crippen LogP contribution in [0.15, 0.2) is 48.6 Å². The van der Waals surface area contributed by atoms with E-state index < -0.39 is 233 Å². The molecule has 2 aromatic carbocycles. The van der Waals surface area contributed by atoms with Gasteiger partial charge >= 0.3 is 12.4 Å². The Balaban J connectivity index is 1.38. The van der Waals surface area contributed by atoms with Gasteiger partial charge in [0.05, 0.1) is 24.6 Å². The first kappa shape index (κ1) is 89.4. The lowest BCUT2D eigenvalue weighted by molar-refractivity contribution is -0.160. The lowest BCUT2D eigenvalue weighted by atomic mass is 9.58. The minimum atomic E-state index is -5.47. The van der Waals surface area contributed by atoms with Gasteiger partial charge in [0.2, 0.25) is 70.9 Å². The number of ether oxygens (including phenoxy) is 1. The highest BCUT2D eigenvalue weighted by atomic mass is 19.4. The maximum Gasteiger partial charge on any atom is 0.422 e. The van der Waals surface area contributed by atoms with E-state index in [1.807, 2.05) is 34.6 Å². The van der Waals surface area contributed by atoms with Crippen molar-refractivity contribution in [2.45, 2.75) is 237 Å². The van der Waals surface area contributed by atoms with E-state index >= 15 is 42.3 Å². The monoisotopic (exact) mass is 1570 g/mol. The van der Waals surface area contributed by atoms with Crippen molar-refractivity contribution >= 4 is 70.9 Å². The first-order chi connectivity index (χ1) is 51.6. The van der Waals surface area contributed by atoms with Crippen molar-refractivity contribution in [3.05, 3.63) is 82.4 Å². The van der Waals surface area contributed by atoms with Gasteiger partial charge in [-0.25, -0.2) is 8.78 Å². The topological polar surface area (TPSA) is 279 Å². The predicted octanol–water partition coefficient (Wildman–Crippen LogP) is 6.91. The normalized spacial score (nSPS) is 26.1. The Kier molecular flexibility index (Phi) is 29.3. The largest absolute Gasteiger partial charge is 0.422 e. The summed E-state index contributed by atoms with van der Waals surface area (Å²) in [5.41, 5.74) is -6.74. The second-order valence-electron chi connectivity index (χ2n) is 32.6. The van der Waals surface area contributed by atoms with Gasteiger partial charge in [0.25, 0.3) is 0 Å². The standard InChI is InChI=1S/C78H110F8N12O13/c1-17-23-54-65(102)88-64(45(4)18-2)72(109)97(49-30-31-49)42-62(101)93(14)55-24-21-20-22-33-96(71(55)108)58(36-46-25-28-48(29-26-46)77(81,82)83)69(106)91(12)41-60(99)87-53(32-27-47-34-51(79)63(52(80)35-47)78(84,85)86)67(104)98-40-50(111-19-3)37-56(98)66(103)89-76(43-75(8,9)44-76)73(110)95(16)59(39-74(5,6)7)70(107)94(15)57(68(105)90(10)11)38-61(100)92(54)13/h20-21,25-26,28-29,34-35,45,49-50,53-59,64H,17-19,22-24,27,30-33,36-44H2,1-16H3,(H,87,99)(H,88,102)(H,89,103)/b21-20-/t45-,50+,53-,54-,55-,56-,57-,58-,59-,64-/m0/s1. The number of alkyl halides is 6. The molecular weight excluding hydrogens is 1460 g/mol. The first-order valence-corrected chi connectivity index (χ1v) is 37.9. The van der Waals surface area contributed by atoms with Crippen molar-refractivity contribution in [2.24, 2.45) is 16.7 Å². The van der Waals surface area contributed by atoms with Crippen molar-refractivity contribution < 1.29 is 97.4 Å². The molecule has 12 amide bonds. The Hall–Kier alpha value is -8.78. The van der Waals surface area contributed by atoms with Crippen LogP contribution in [0.1, 0.15) is 168 Å². The van der Waals surface area contributed by atoms with Crippen LogP contribution in [0, 0.1) is 28.4 Å². The van der Waals surface area contributed by atoms with Crippen molar-refractivity contribution in [2.75, 3.05) is 82.1 Å². The summed E-state index contributed by atoms with van der Waals surface area (Å²) in [5, 5.41) is 8.37. The number of nitrogens with one attached hydrogen (secondary N) is 3. The van der Waals surface area contributed by atoms with Gasteiger partial charge in [0.15, 0.2) is 0 Å². The second-order valence-corrected chi connectivity index (χ2v) is 32.6. The summed E-state index contributed by atoms with van der Waals surface area (Å²) in [6.45, 7) is 13.9. The molecule has 3 N–H and O–H groups in total. The van der Waals surface area contributed by atoms with Crippen LogP contribution >= 0.6 is 0 Å². The fourth-order valence-electron chi connectivity index (χ4n) is 15.5. The molecule has 0 unspecified atom stereocenters. The van der Waals surface area contributed by atoms with Gasteiger partial charge in [-0.2, -0.15) is 26.3 Å². The molecule has 5 aliphatic rings. The van der Waals surface area contributed by atoms with Crippen LogP contribution in [0.4, 0.5) is 35.1 Å². The summed E-state index contributed by atoms with van der Waals surface area (Å²) in [6.07, 6.45) is -9.04. The number of likely N-dealkylation sites (N-methyl/N-ethyl adjacent to an activating group) is 6. The van der Waals surface area contributed by atoms with Crippen molar-refractivity contribution in [1.29, 1.82) is 0 Å². The molecule has 7 rings (SSSR count). The van der Waals surface area contributed by atoms with Crippen LogP contribution in [-0.2, 0) is 87.5 Å². The highest BCUT2D eigenvalue weighted by Gasteiger charge is 2.59. The Morgan fingerprint density at radius 1 is 0.667 bits per heavy atom. The number of carbonyl (C=O) groups is 12. The molecule has 2 aromatic rings. The highest BCUT2D eigenvalue weighted by molar-refractivity contribution is 6.01. The minimum absolute atomic E-state index is 0.0342. The number of nitrogens with zero attached hydrogens (tertiary/aromatic N) is 9. The number of hydrogen-bond donors (Lipinski definition) is 3. The van der Waals surface area contributed by atoms with E-state index in [1.165, 1.54) is 57.0 Å². The van der Waals surface area contributed by atoms with Gasteiger partial charge in [-0.3, -0.25) is 57.5 Å². The average molecular weight is 1580 g/mol. The molecule has 2 saturated carbocycles. The third kappa shape index (κ3) is 21.9. The molecule has 111 heavy (non-hydrogen) atoms. The van der Waals surface area contributed by atoms with Crippen LogP contribution < -0.4 is 16.0 Å². The lowest BCUT2D eigenvalue weighted by Crippen LogP contribution is -2.71. The predicted molar refractivity (Wildman–Crippen MR) is 392 cm³/mol. The summed E-state index contributed by atoms with van der Waals surface area (Å²) in [7, 11) is 9.33. The number of fused-ring (bicyclic) bond motifs is 3. The van der Waals surface area contributed by atoms with E-state index in [-0.39, 0.29) is 70.2 Å². The molecule has 33 heteroatoms. The number of amides is 12. The summed E-state index contributed by atoms with van der Waals surface area (Å²) >= 11 is 0. The summed E-state index contributed by atoms with van der Waals surface area (Å²) in [6, 6.07) is -7.94. The van der Waals surface area contributed by atoms with E-state index in [0.717, 1.165) is 60.7 Å². The SMILES string of the molecule is CCC[C@H]1C(=O)N[C@@H]([C@@H](C)CC)C(=O)N(C2CC2)CC(=O)N(C)[C@H]2C/C=C\CCN(C2=O)[C@@H](Cc2ccc(C(F)(F)F)cc2)C(=O)N(C)CC(=O)N[C@@H](CCc2cc(F)c(C(F)(F)F)c(F)c2)C(=O)N2C[C@H](OCC)C[C@H]2C(=O)NC2(CC(C)(C)C2)C(=O)N(C)[C@@H](CC(C)(C)C)C(=O)N(C)[C@H](C(=O)N(C)C)CC(=O)N1C. The molecule has 0 aromatic heterocycles. The fourth-order valence-corrected chi connectivity index (χ4v) is 15.5. The van der Waals surface area contributed by atoms with E-state index in [1.54, 1.807) is 39.8 Å². The molecule has 25 nitrogen and oxygen atoms in total. The molecule has 3 aliphatic heterocycles. The lowest BCUT2D eigenvalue weighted by Gasteiger charge is -2.54. The molecule has 2 bridgehead atoms. The van der Waals surface area contributed by atoms with E-state index in [2.05, 4.69) is 16.0 Å². The van der Waals surface area contributed by atoms with Gasteiger partial charge in [-0.15, -0.1) is 0 Å². The zero-order chi connectivity index (χ0) is 83.1. The summed E-state index contributed by atoms with van der Waals surface area (Å²) in [4.78, 5) is 192. The summed E-state index contributed by atoms with van der Waals surface area (Å²) < 4.78 is 120. The van der Waals surface area contributed by atoms with E-state index in [0.29, 0.717) is 37.8 Å². The molecule has 1 spiro atoms. The molecule has 10 atom stereocenters. The number of halogens is 8. The Morgan fingerprint density at radius 3 is 1.83 bits per heavy atom. The molecule has 616 valence electrons. The van der Waals surface area contributed by atoms with Gasteiger partial charge < -0.3 is 64.8 Å². The molecule has 0 radical (unpaired) electrons. The Labute approximate surface area is 644 Å². The molecular formula is C78H110F8N12O13. The first-order valence-electron chi connectivity index (χ1n) is 37.9. The third-order valence-corrected chi connectivity index (χ3v) is 21.8. The fraction of sp³-hybridized carbons (Fsp3) is 0.667. The van der Waals surface area contributed by atoms with Crippen molar-refractivity contribution in [3.8, 4) is 0 Å². The number of aryl methyl sites for hydroxylation is 1. The Bertz CT molecular complexity index is 3780. The molecule has 4 fully saturated rings. The number of rotatable bonds is 14. The Morgan fingerprint density at radius 2 is 1.29 bits per heavy atom.